The zero-order valence-corrected chi connectivity index (χ0v) is 52.6. The van der Waals surface area contributed by atoms with E-state index in [1.165, 1.54) is 18.7 Å². The number of hydrogen-bond donors (Lipinski definition) is 21. The van der Waals surface area contributed by atoms with Crippen LogP contribution in [0.5, 0.6) is 17.2 Å². The number of carbonyl (C=O) groups excluding carboxylic acids is 5. The molecule has 0 bridgehead atoms. The highest BCUT2D eigenvalue weighted by atomic mass is 32.1. The van der Waals surface area contributed by atoms with Crippen molar-refractivity contribution in [3.05, 3.63) is 66.5 Å². The number of carbonyl (C=O) groups is 12. The minimum absolute atomic E-state index is 0.0369. The van der Waals surface area contributed by atoms with Gasteiger partial charge in [-0.1, -0.05) is 19.1 Å². The zero-order valence-electron chi connectivity index (χ0n) is 49.1. The van der Waals surface area contributed by atoms with Crippen LogP contribution in [0.25, 0.3) is 11.4 Å². The number of nitrogens with zero attached hydrogens (tertiary/aromatic N) is 3. The highest BCUT2D eigenvalue weighted by molar-refractivity contribution is 7.82. The molecule has 5 unspecified atom stereocenters. The quantitative estimate of drug-likeness (QED) is 0.0433. The number of nitrogens with one attached hydrogen (secondary N) is 2. The SMILES string of the molecule is CC(=O)NC(CS)C(C)=O.CC(C)(S)C(N)C(=O)O.C[C@H](CS)C(=O)N1CCC[C@H]1C(=O)O.NC(CCC(=O)NC(CS)C(=O)CCC(=O)O)C(=O)O.NC(CO)C(=O)O.NCC(=O)O.O=C(O)c1cc(O)c(O)c(O)c1.c1ccc(-c2ccccn2)nc1. The topological polar surface area (TPSA) is 585 Å². The molecule has 7 atom stereocenters. The maximum atomic E-state index is 11.7. The molecule has 3 heterocycles. The number of nitrogens with two attached hydrogens (primary N) is 4. The Balaban J connectivity index is -0.000000477. The Kier molecular flexibility index (Phi) is 47.4. The van der Waals surface area contributed by atoms with Crippen LogP contribution < -0.4 is 33.6 Å². The molecule has 3 amide bonds. The van der Waals surface area contributed by atoms with E-state index in [4.69, 9.17) is 73.4 Å². The predicted molar refractivity (Wildman–Crippen MR) is 334 cm³/mol. The highest BCUT2D eigenvalue weighted by Crippen LogP contribution is 2.35. The van der Waals surface area contributed by atoms with Crippen LogP contribution in [0.4, 0.5) is 0 Å². The number of aliphatic hydroxyl groups is 1. The molecule has 500 valence electrons. The van der Waals surface area contributed by atoms with Crippen LogP contribution in [-0.2, 0) is 52.7 Å². The standard InChI is InChI=1S/C11H18N2O6S.C10H8N2.C9H15NO3S.C7H6O5.C6H11NO2S.C5H11NO2S.C3H7NO3.C2H5NO2/c12-6(11(18)19)1-3-9(15)13-7(5-20)8(14)2-4-10(16)17;1-3-7-11-9(5-1)10-6-2-4-8-12-10;1-6(5-14)8(11)10-4-2-3-7(10)9(12)13;8-4-1-3(7(11)12)2-5(9)6(4)10;1-4(8)6(3-10)7-5(2)9;1-5(2,9)3(6)4(7)8;4-2(1-5)3(6)7;3-1-2(4)5/h6-7,20H,1-5,12H2,(H,13,15)(H,16,17)(H,18,19);1-8H;6-7,14H,2-5H2,1H3,(H,12,13);1-2,8-10H,(H,11,12);6,10H,3H2,1-2H3,(H,7,9);3,9H,6H2,1-2H3,(H,7,8);2,5H,1,4H2,(H,6,7);1,3H2,(H,4,5)/t;;6-,7+;;;;;/m..1...../s1. The maximum absolute atomic E-state index is 11.7. The van der Waals surface area contributed by atoms with E-state index in [1.807, 2.05) is 36.4 Å². The van der Waals surface area contributed by atoms with Crippen molar-refractivity contribution in [2.45, 2.75) is 114 Å². The van der Waals surface area contributed by atoms with Crippen LogP contribution in [0.2, 0.25) is 0 Å². The molecule has 0 spiro atoms. The third-order valence-corrected chi connectivity index (χ3v) is 12.2. The first-order chi connectivity index (χ1) is 41.2. The van der Waals surface area contributed by atoms with Crippen molar-refractivity contribution in [1.29, 1.82) is 0 Å². The highest BCUT2D eigenvalue weighted by Gasteiger charge is 2.35. The molecule has 1 aromatic carbocycles. The van der Waals surface area contributed by atoms with E-state index in [0.29, 0.717) is 24.5 Å². The molecule has 1 fully saturated rings. The lowest BCUT2D eigenvalue weighted by Gasteiger charge is -2.24. The van der Waals surface area contributed by atoms with Crippen LogP contribution in [0.15, 0.2) is 60.9 Å². The second kappa shape index (κ2) is 48.1. The van der Waals surface area contributed by atoms with Gasteiger partial charge in [0.1, 0.15) is 24.2 Å². The van der Waals surface area contributed by atoms with E-state index in [2.05, 4.69) is 76.9 Å². The summed E-state index contributed by atoms with van der Waals surface area (Å²) < 4.78 is -0.647. The minimum atomic E-state index is -1.29. The second-order valence-corrected chi connectivity index (χ2v) is 20.8. The van der Waals surface area contributed by atoms with Crippen molar-refractivity contribution >= 4 is 122 Å². The van der Waals surface area contributed by atoms with Gasteiger partial charge in [0.05, 0.1) is 48.6 Å². The van der Waals surface area contributed by atoms with Crippen LogP contribution in [0.1, 0.15) is 83.5 Å². The normalized spacial score (nSPS) is 13.7. The van der Waals surface area contributed by atoms with Crippen molar-refractivity contribution in [3.8, 4) is 28.6 Å². The summed E-state index contributed by atoms with van der Waals surface area (Å²) in [5, 5.41) is 97.5. The lowest BCUT2D eigenvalue weighted by molar-refractivity contribution is -0.149. The number of aromatic hydroxyl groups is 3. The number of carboxylic acid groups (broad SMARTS) is 7. The van der Waals surface area contributed by atoms with Crippen molar-refractivity contribution in [2.24, 2.45) is 28.9 Å². The number of aliphatic hydroxyl groups excluding tert-OH is 1. The number of aromatic nitrogens is 2. The molecule has 0 aliphatic carbocycles. The van der Waals surface area contributed by atoms with Gasteiger partial charge in [0.2, 0.25) is 17.7 Å². The molecule has 36 heteroatoms. The maximum Gasteiger partial charge on any atom is 0.335 e. The molecular weight excluding hydrogens is 1260 g/mol. The van der Waals surface area contributed by atoms with E-state index in [0.717, 1.165) is 29.9 Å². The molecule has 2 aromatic heterocycles. The lowest BCUT2D eigenvalue weighted by atomic mass is 10.1. The molecule has 21 N–H and O–H groups in total. The molecule has 89 heavy (non-hydrogen) atoms. The summed E-state index contributed by atoms with van der Waals surface area (Å²) >= 11 is 15.8. The first-order valence-corrected chi connectivity index (χ1v) is 28.2. The van der Waals surface area contributed by atoms with E-state index < -0.39 is 118 Å². The Hall–Kier alpha value is -7.84. The molecular formula is C53H81N9O23S4. The number of phenolic OH excluding ortho intramolecular Hbond substituents is 3. The molecule has 1 aliphatic rings. The Labute approximate surface area is 533 Å². The Morgan fingerprint density at radius 3 is 1.44 bits per heavy atom. The van der Waals surface area contributed by atoms with E-state index in [1.54, 1.807) is 33.2 Å². The Morgan fingerprint density at radius 1 is 0.685 bits per heavy atom. The fourth-order valence-electron chi connectivity index (χ4n) is 5.61. The average molecular weight is 1340 g/mol. The van der Waals surface area contributed by atoms with Crippen molar-refractivity contribution in [3.63, 3.8) is 0 Å². The van der Waals surface area contributed by atoms with Gasteiger partial charge < -0.3 is 94.6 Å². The second-order valence-electron chi connectivity index (χ2n) is 18.6. The number of hydrogen-bond acceptors (Lipinski definition) is 26. The van der Waals surface area contributed by atoms with Crippen molar-refractivity contribution in [1.82, 2.24) is 25.5 Å². The van der Waals surface area contributed by atoms with E-state index >= 15 is 0 Å². The zero-order chi connectivity index (χ0) is 69.9. The summed E-state index contributed by atoms with van der Waals surface area (Å²) in [6.45, 7) is 7.68. The monoisotopic (exact) mass is 1340 g/mol. The number of pyridine rings is 2. The molecule has 3 aromatic rings. The molecule has 32 nitrogen and oxygen atoms in total. The molecule has 1 aliphatic heterocycles. The molecule has 4 rings (SSSR count). The minimum Gasteiger partial charge on any atom is -0.504 e. The van der Waals surface area contributed by atoms with Gasteiger partial charge in [-0.05, 0) is 76.4 Å². The van der Waals surface area contributed by atoms with Gasteiger partial charge >= 0.3 is 41.8 Å². The summed E-state index contributed by atoms with van der Waals surface area (Å²) in [6, 6.07) is 8.18. The van der Waals surface area contributed by atoms with Crippen LogP contribution in [0.3, 0.4) is 0 Å². The number of aliphatic carboxylic acids is 6. The Morgan fingerprint density at radius 2 is 1.16 bits per heavy atom. The van der Waals surface area contributed by atoms with Gasteiger partial charge in [-0.2, -0.15) is 50.5 Å². The smallest absolute Gasteiger partial charge is 0.335 e. The number of ketones is 2. The van der Waals surface area contributed by atoms with Crippen molar-refractivity contribution in [2.75, 3.05) is 37.0 Å². The Bertz CT molecular complexity index is 2660. The number of Topliss-reactive ketones (excluding diaryl/α,β-unsaturated/α-hetero) is 2. The molecule has 0 saturated carbocycles. The van der Waals surface area contributed by atoms with E-state index in [-0.39, 0.29) is 67.1 Å². The van der Waals surface area contributed by atoms with Crippen LogP contribution in [0, 0.1) is 5.92 Å². The summed E-state index contributed by atoms with van der Waals surface area (Å²) in [5.74, 6) is -10.4. The first kappa shape index (κ1) is 87.6. The largest absolute Gasteiger partial charge is 0.504 e. The van der Waals surface area contributed by atoms with Gasteiger partial charge in [0.25, 0.3) is 0 Å². The van der Waals surface area contributed by atoms with Gasteiger partial charge in [-0.15, -0.1) is 0 Å². The summed E-state index contributed by atoms with van der Waals surface area (Å²) in [7, 11) is 0. The fraction of sp³-hybridized carbons (Fsp3) is 0.472. The third kappa shape index (κ3) is 41.9. The van der Waals surface area contributed by atoms with Crippen molar-refractivity contribution < 1.29 is 114 Å². The lowest BCUT2D eigenvalue weighted by Crippen LogP contribution is -2.45. The van der Waals surface area contributed by atoms with Crippen LogP contribution >= 0.6 is 50.5 Å². The third-order valence-electron chi connectivity index (χ3n) is 10.7. The number of carboxylic acids is 7. The number of aromatic carboxylic acids is 1. The summed E-state index contributed by atoms with van der Waals surface area (Å²) in [4.78, 5) is 137. The van der Waals surface area contributed by atoms with Gasteiger partial charge in [-0.3, -0.25) is 57.9 Å². The number of thiol groups is 4. The number of amides is 3. The van der Waals surface area contributed by atoms with Gasteiger partial charge in [0, 0.05) is 66.6 Å². The number of rotatable bonds is 23. The average Bonchev–Trinajstić information content (AvgIpc) is 2.79. The number of phenols is 3. The summed E-state index contributed by atoms with van der Waals surface area (Å²) in [5.41, 5.74) is 21.3. The fourth-order valence-corrected chi connectivity index (χ4v) is 6.52. The number of benzene rings is 1. The molecule has 0 radical (unpaired) electrons. The van der Waals surface area contributed by atoms with Gasteiger partial charge in [0.15, 0.2) is 28.8 Å². The van der Waals surface area contributed by atoms with E-state index in [9.17, 15) is 57.5 Å². The van der Waals surface area contributed by atoms with Crippen LogP contribution in [-0.4, -0.2) is 220 Å². The summed E-state index contributed by atoms with van der Waals surface area (Å²) in [6.07, 6.45) is 4.18. The first-order valence-electron chi connectivity index (χ1n) is 25.9. The molecule has 1 saturated heterocycles. The predicted octanol–water partition coefficient (Wildman–Crippen LogP) is -0.163. The van der Waals surface area contributed by atoms with Gasteiger partial charge in [-0.25, -0.2) is 9.59 Å². The number of likely N-dealkylation sites (tertiary alicyclic amines) is 1.